The summed E-state index contributed by atoms with van der Waals surface area (Å²) in [4.78, 5) is 27.9. The van der Waals surface area contributed by atoms with Crippen molar-refractivity contribution < 1.29 is 4.74 Å². The van der Waals surface area contributed by atoms with Crippen LogP contribution in [-0.4, -0.2) is 15.7 Å². The molecule has 0 aliphatic carbocycles. The van der Waals surface area contributed by atoms with Crippen LogP contribution in [0.2, 0.25) is 5.02 Å². The third kappa shape index (κ3) is 4.13. The molecule has 0 aliphatic heterocycles. The van der Waals surface area contributed by atoms with E-state index >= 15 is 0 Å². The molecule has 0 radical (unpaired) electrons. The molecular weight excluding hydrogens is 392 g/mol. The van der Waals surface area contributed by atoms with Crippen LogP contribution in [0.3, 0.4) is 0 Å². The van der Waals surface area contributed by atoms with Gasteiger partial charge < -0.3 is 19.6 Å². The first-order valence-corrected chi connectivity index (χ1v) is 9.49. The van der Waals surface area contributed by atoms with Gasteiger partial charge in [-0.1, -0.05) is 11.6 Å². The molecule has 7 nitrogen and oxygen atoms in total. The topological polar surface area (TPSA) is 99.9 Å². The summed E-state index contributed by atoms with van der Waals surface area (Å²) in [6.07, 6.45) is -0.0461. The van der Waals surface area contributed by atoms with Gasteiger partial charge in [0.1, 0.15) is 23.2 Å². The lowest BCUT2D eigenvalue weighted by atomic mass is 10.1. The Morgan fingerprint density at radius 3 is 2.59 bits per heavy atom. The van der Waals surface area contributed by atoms with E-state index in [0.29, 0.717) is 27.5 Å². The number of hydrogen-bond acceptors (Lipinski definition) is 5. The summed E-state index contributed by atoms with van der Waals surface area (Å²) >= 11 is 6.31. The summed E-state index contributed by atoms with van der Waals surface area (Å²) in [6.45, 7) is 5.58. The molecule has 29 heavy (non-hydrogen) atoms. The molecule has 0 amide bonds. The van der Waals surface area contributed by atoms with E-state index in [1.54, 1.807) is 37.3 Å². The van der Waals surface area contributed by atoms with E-state index in [-0.39, 0.29) is 22.9 Å². The maximum atomic E-state index is 12.6. The Hall–Kier alpha value is -3.24. The number of H-pyrrole nitrogens is 1. The van der Waals surface area contributed by atoms with Crippen LogP contribution in [0.5, 0.6) is 5.75 Å². The van der Waals surface area contributed by atoms with Crippen molar-refractivity contribution in [1.29, 1.82) is 5.26 Å². The van der Waals surface area contributed by atoms with Gasteiger partial charge in [-0.2, -0.15) is 5.26 Å². The summed E-state index contributed by atoms with van der Waals surface area (Å²) in [6, 6.07) is 9.78. The van der Waals surface area contributed by atoms with E-state index in [4.69, 9.17) is 21.6 Å². The van der Waals surface area contributed by atoms with Crippen LogP contribution in [-0.2, 0) is 7.05 Å². The van der Waals surface area contributed by atoms with Crippen LogP contribution < -0.4 is 21.2 Å². The van der Waals surface area contributed by atoms with Gasteiger partial charge >= 0.3 is 0 Å². The van der Waals surface area contributed by atoms with Gasteiger partial charge in [-0.25, -0.2) is 0 Å². The highest BCUT2D eigenvalue weighted by atomic mass is 35.5. The summed E-state index contributed by atoms with van der Waals surface area (Å²) < 4.78 is 6.93. The van der Waals surface area contributed by atoms with Gasteiger partial charge in [-0.15, -0.1) is 0 Å². The summed E-state index contributed by atoms with van der Waals surface area (Å²) in [5.41, 5.74) is 1.01. The van der Waals surface area contributed by atoms with Crippen molar-refractivity contribution in [3.63, 3.8) is 0 Å². The SMILES string of the molecule is CC(C)Oc1cc2[nH]c(=O)c(C(C)Nc3ccc(C#N)n(C)c3=O)cc2cc1Cl. The second-order valence-electron chi connectivity index (χ2n) is 7.06. The van der Waals surface area contributed by atoms with E-state index in [9.17, 15) is 9.59 Å². The van der Waals surface area contributed by atoms with E-state index in [1.165, 1.54) is 11.6 Å². The molecule has 0 spiro atoms. The number of rotatable bonds is 5. The fraction of sp³-hybridized carbons (Fsp3) is 0.286. The number of hydrogen-bond donors (Lipinski definition) is 2. The van der Waals surface area contributed by atoms with Gasteiger partial charge in [-0.05, 0) is 45.0 Å². The average Bonchev–Trinajstić information content (AvgIpc) is 2.66. The lowest BCUT2D eigenvalue weighted by Crippen LogP contribution is -2.26. The van der Waals surface area contributed by atoms with E-state index in [0.717, 1.165) is 5.39 Å². The Balaban J connectivity index is 1.98. The van der Waals surface area contributed by atoms with Crippen molar-refractivity contribution >= 4 is 28.2 Å². The Labute approximate surface area is 172 Å². The zero-order valence-electron chi connectivity index (χ0n) is 16.5. The first kappa shape index (κ1) is 20.5. The zero-order chi connectivity index (χ0) is 21.3. The highest BCUT2D eigenvalue weighted by Gasteiger charge is 2.15. The smallest absolute Gasteiger partial charge is 0.274 e. The number of nitrogens with zero attached hydrogens (tertiary/aromatic N) is 2. The van der Waals surface area contributed by atoms with Crippen LogP contribution in [0, 0.1) is 11.3 Å². The van der Waals surface area contributed by atoms with E-state index in [2.05, 4.69) is 10.3 Å². The molecule has 8 heteroatoms. The second-order valence-corrected chi connectivity index (χ2v) is 7.47. The van der Waals surface area contributed by atoms with Gasteiger partial charge in [0.25, 0.3) is 11.1 Å². The number of aromatic nitrogens is 2. The van der Waals surface area contributed by atoms with Gasteiger partial charge in [0.15, 0.2) is 0 Å². The molecule has 150 valence electrons. The molecule has 1 aromatic carbocycles. The van der Waals surface area contributed by atoms with E-state index in [1.807, 2.05) is 19.9 Å². The minimum atomic E-state index is -0.450. The molecule has 2 heterocycles. The van der Waals surface area contributed by atoms with Crippen molar-refractivity contribution in [3.8, 4) is 11.8 Å². The van der Waals surface area contributed by atoms with Gasteiger partial charge in [0, 0.05) is 24.1 Å². The Morgan fingerprint density at radius 1 is 1.21 bits per heavy atom. The number of anilines is 1. The van der Waals surface area contributed by atoms with Crippen molar-refractivity contribution in [2.24, 2.45) is 7.05 Å². The van der Waals surface area contributed by atoms with E-state index < -0.39 is 6.04 Å². The first-order chi connectivity index (χ1) is 13.7. The molecular formula is C21H21ClN4O3. The number of aromatic amines is 1. The predicted octanol–water partition coefficient (Wildman–Crippen LogP) is 3.71. The summed E-state index contributed by atoms with van der Waals surface area (Å²) in [5.74, 6) is 0.504. The Morgan fingerprint density at radius 2 is 1.93 bits per heavy atom. The molecule has 0 aliphatic rings. The molecule has 2 N–H and O–H groups in total. The highest BCUT2D eigenvalue weighted by molar-refractivity contribution is 6.32. The molecule has 0 fully saturated rings. The van der Waals surface area contributed by atoms with Crippen LogP contribution in [0.1, 0.15) is 38.1 Å². The monoisotopic (exact) mass is 412 g/mol. The third-order valence-electron chi connectivity index (χ3n) is 4.55. The number of pyridine rings is 2. The van der Waals surface area contributed by atoms with Crippen molar-refractivity contribution in [1.82, 2.24) is 9.55 Å². The number of benzene rings is 1. The molecule has 0 saturated heterocycles. The van der Waals surface area contributed by atoms with Gasteiger partial charge in [-0.3, -0.25) is 9.59 Å². The molecule has 0 bridgehead atoms. The zero-order valence-corrected chi connectivity index (χ0v) is 17.3. The number of ether oxygens (including phenoxy) is 1. The molecule has 1 atom stereocenters. The minimum absolute atomic E-state index is 0.0461. The van der Waals surface area contributed by atoms with Gasteiger partial charge in [0.2, 0.25) is 0 Å². The Kier molecular flexibility index (Phi) is 5.66. The van der Waals surface area contributed by atoms with Crippen molar-refractivity contribution in [2.75, 3.05) is 5.32 Å². The first-order valence-electron chi connectivity index (χ1n) is 9.11. The fourth-order valence-corrected chi connectivity index (χ4v) is 3.28. The van der Waals surface area contributed by atoms with Crippen LogP contribution in [0.4, 0.5) is 5.69 Å². The van der Waals surface area contributed by atoms with Crippen molar-refractivity contribution in [3.05, 3.63) is 67.3 Å². The number of halogens is 1. The Bertz CT molecular complexity index is 1240. The van der Waals surface area contributed by atoms with Crippen LogP contribution in [0.25, 0.3) is 10.9 Å². The highest BCUT2D eigenvalue weighted by Crippen LogP contribution is 2.30. The summed E-state index contributed by atoms with van der Waals surface area (Å²) in [5, 5.41) is 13.3. The fourth-order valence-electron chi connectivity index (χ4n) is 3.06. The number of fused-ring (bicyclic) bond motifs is 1. The summed E-state index contributed by atoms with van der Waals surface area (Å²) in [7, 11) is 1.53. The standard InChI is InChI=1S/C21H21ClN4O3/c1-11(2)29-19-9-18-13(8-16(19)22)7-15(20(27)25-18)12(3)24-17-6-5-14(10-23)26(4)21(17)28/h5-9,11-12,24H,1-4H3,(H,25,27). The minimum Gasteiger partial charge on any atom is -0.489 e. The van der Waals surface area contributed by atoms with Gasteiger partial charge in [0.05, 0.1) is 22.7 Å². The lowest BCUT2D eigenvalue weighted by Gasteiger charge is -2.17. The van der Waals surface area contributed by atoms with Crippen molar-refractivity contribution in [2.45, 2.75) is 32.9 Å². The van der Waals surface area contributed by atoms with Crippen LogP contribution in [0.15, 0.2) is 39.9 Å². The molecule has 2 aromatic heterocycles. The quantitative estimate of drug-likeness (QED) is 0.665. The lowest BCUT2D eigenvalue weighted by molar-refractivity contribution is 0.243. The third-order valence-corrected chi connectivity index (χ3v) is 4.84. The molecule has 1 unspecified atom stereocenters. The molecule has 3 rings (SSSR count). The number of nitrogens with one attached hydrogen (secondary N) is 2. The predicted molar refractivity (Wildman–Crippen MR) is 114 cm³/mol. The maximum Gasteiger partial charge on any atom is 0.274 e. The van der Waals surface area contributed by atoms with Crippen LogP contribution >= 0.6 is 11.6 Å². The molecule has 3 aromatic rings. The average molecular weight is 413 g/mol. The largest absolute Gasteiger partial charge is 0.489 e. The second kappa shape index (κ2) is 8.02. The molecule has 0 saturated carbocycles. The maximum absolute atomic E-state index is 12.6. The normalized spacial score (nSPS) is 12.0. The number of nitriles is 1.